The Kier molecular flexibility index (Phi) is 3.76. The molecule has 1 aliphatic carbocycles. The monoisotopic (exact) mass is 234 g/mol. The van der Waals surface area contributed by atoms with Gasteiger partial charge in [0.15, 0.2) is 0 Å². The highest BCUT2D eigenvalue weighted by molar-refractivity contribution is 5.94. The number of carbonyl (C=O) groups is 1. The first-order valence-electron chi connectivity index (χ1n) is 5.95. The number of para-hydroxylation sites is 1. The molecule has 1 unspecified atom stereocenters. The second kappa shape index (κ2) is 5.29. The van der Waals surface area contributed by atoms with E-state index in [0.717, 1.165) is 18.5 Å². The van der Waals surface area contributed by atoms with Crippen LogP contribution >= 0.6 is 0 Å². The van der Waals surface area contributed by atoms with Crippen molar-refractivity contribution in [1.82, 2.24) is 5.32 Å². The van der Waals surface area contributed by atoms with Crippen LogP contribution in [-0.2, 0) is 4.79 Å². The highest BCUT2D eigenvalue weighted by atomic mass is 16.3. The molecule has 0 bridgehead atoms. The van der Waals surface area contributed by atoms with Gasteiger partial charge in [-0.15, -0.1) is 0 Å². The standard InChI is InChI=1S/C13H18N2O2/c1-9(14-11-7-12(16)8-11)13(17)15-10-5-3-2-4-6-10/h2-6,9,11-12,14,16H,7-8H2,1H3,(H,15,17). The average Bonchev–Trinajstić information content (AvgIpc) is 2.28. The molecular weight excluding hydrogens is 216 g/mol. The maximum Gasteiger partial charge on any atom is 0.241 e. The lowest BCUT2D eigenvalue weighted by atomic mass is 9.89. The quantitative estimate of drug-likeness (QED) is 0.731. The van der Waals surface area contributed by atoms with Crippen LogP contribution in [-0.4, -0.2) is 29.2 Å². The molecule has 0 saturated heterocycles. The summed E-state index contributed by atoms with van der Waals surface area (Å²) in [5, 5.41) is 15.2. The van der Waals surface area contributed by atoms with Crippen molar-refractivity contribution >= 4 is 11.6 Å². The third-order valence-electron chi connectivity index (χ3n) is 3.03. The van der Waals surface area contributed by atoms with Crippen LogP contribution in [0.2, 0.25) is 0 Å². The van der Waals surface area contributed by atoms with Gasteiger partial charge in [0.1, 0.15) is 0 Å². The van der Waals surface area contributed by atoms with Crippen LogP contribution in [0.4, 0.5) is 5.69 Å². The van der Waals surface area contributed by atoms with E-state index < -0.39 is 0 Å². The smallest absolute Gasteiger partial charge is 0.241 e. The van der Waals surface area contributed by atoms with Crippen molar-refractivity contribution in [2.24, 2.45) is 0 Å². The van der Waals surface area contributed by atoms with Crippen molar-refractivity contribution in [2.75, 3.05) is 5.32 Å². The van der Waals surface area contributed by atoms with Gasteiger partial charge >= 0.3 is 0 Å². The fraction of sp³-hybridized carbons (Fsp3) is 0.462. The summed E-state index contributed by atoms with van der Waals surface area (Å²) in [7, 11) is 0. The minimum absolute atomic E-state index is 0.0439. The van der Waals surface area contributed by atoms with Crippen LogP contribution < -0.4 is 10.6 Å². The first-order valence-corrected chi connectivity index (χ1v) is 5.95. The Labute approximate surface area is 101 Å². The summed E-state index contributed by atoms with van der Waals surface area (Å²) >= 11 is 0. The number of nitrogens with one attached hydrogen (secondary N) is 2. The highest BCUT2D eigenvalue weighted by Gasteiger charge is 2.29. The molecule has 1 amide bonds. The first kappa shape index (κ1) is 12.1. The predicted octanol–water partition coefficient (Wildman–Crippen LogP) is 1.13. The van der Waals surface area contributed by atoms with Gasteiger partial charge in [-0.1, -0.05) is 18.2 Å². The highest BCUT2D eigenvalue weighted by Crippen LogP contribution is 2.19. The molecule has 92 valence electrons. The van der Waals surface area contributed by atoms with E-state index in [1.807, 2.05) is 37.3 Å². The zero-order chi connectivity index (χ0) is 12.3. The molecule has 4 heteroatoms. The van der Waals surface area contributed by atoms with Crippen molar-refractivity contribution in [3.63, 3.8) is 0 Å². The van der Waals surface area contributed by atoms with Crippen LogP contribution in [0.15, 0.2) is 30.3 Å². The van der Waals surface area contributed by atoms with E-state index in [-0.39, 0.29) is 24.1 Å². The van der Waals surface area contributed by atoms with Gasteiger partial charge in [0.2, 0.25) is 5.91 Å². The summed E-state index contributed by atoms with van der Waals surface area (Å²) in [6.07, 6.45) is 1.28. The normalized spacial score (nSPS) is 24.8. The number of amides is 1. The molecule has 1 fully saturated rings. The summed E-state index contributed by atoms with van der Waals surface area (Å²) in [6.45, 7) is 1.84. The van der Waals surface area contributed by atoms with Crippen LogP contribution in [0.1, 0.15) is 19.8 Å². The Balaban J connectivity index is 1.79. The number of aliphatic hydroxyl groups excluding tert-OH is 1. The lowest BCUT2D eigenvalue weighted by Gasteiger charge is -2.34. The zero-order valence-corrected chi connectivity index (χ0v) is 9.89. The molecule has 0 heterocycles. The van der Waals surface area contributed by atoms with E-state index in [4.69, 9.17) is 5.11 Å². The van der Waals surface area contributed by atoms with Gasteiger partial charge in [0, 0.05) is 11.7 Å². The number of hydrogen-bond donors (Lipinski definition) is 3. The molecule has 1 saturated carbocycles. The fourth-order valence-electron chi connectivity index (χ4n) is 1.93. The minimum Gasteiger partial charge on any atom is -0.393 e. The number of carbonyl (C=O) groups excluding carboxylic acids is 1. The number of anilines is 1. The third kappa shape index (κ3) is 3.28. The van der Waals surface area contributed by atoms with Crippen LogP contribution in [0.25, 0.3) is 0 Å². The second-order valence-electron chi connectivity index (χ2n) is 4.57. The summed E-state index contributed by atoms with van der Waals surface area (Å²) in [6, 6.07) is 9.42. The van der Waals surface area contributed by atoms with Crippen molar-refractivity contribution in [2.45, 2.75) is 38.0 Å². The van der Waals surface area contributed by atoms with Gasteiger partial charge < -0.3 is 15.7 Å². The van der Waals surface area contributed by atoms with E-state index in [1.165, 1.54) is 0 Å². The average molecular weight is 234 g/mol. The number of hydrogen-bond acceptors (Lipinski definition) is 3. The Morgan fingerprint density at radius 1 is 1.35 bits per heavy atom. The molecule has 0 radical (unpaired) electrons. The molecule has 1 atom stereocenters. The third-order valence-corrected chi connectivity index (χ3v) is 3.03. The van der Waals surface area contributed by atoms with E-state index in [1.54, 1.807) is 0 Å². The molecule has 3 N–H and O–H groups in total. The maximum atomic E-state index is 11.8. The number of benzene rings is 1. The van der Waals surface area contributed by atoms with E-state index in [0.29, 0.717) is 0 Å². The van der Waals surface area contributed by atoms with Crippen LogP contribution in [0, 0.1) is 0 Å². The summed E-state index contributed by atoms with van der Waals surface area (Å²) in [5.74, 6) is -0.0439. The van der Waals surface area contributed by atoms with Gasteiger partial charge in [-0.3, -0.25) is 4.79 Å². The van der Waals surface area contributed by atoms with Crippen LogP contribution in [0.5, 0.6) is 0 Å². The predicted molar refractivity (Wildman–Crippen MR) is 66.7 cm³/mol. The van der Waals surface area contributed by atoms with Crippen molar-refractivity contribution in [3.05, 3.63) is 30.3 Å². The minimum atomic E-state index is -0.243. The summed E-state index contributed by atoms with van der Waals surface area (Å²) in [5.41, 5.74) is 0.805. The molecule has 4 nitrogen and oxygen atoms in total. The van der Waals surface area contributed by atoms with Crippen molar-refractivity contribution < 1.29 is 9.90 Å². The molecule has 1 aliphatic rings. The number of rotatable bonds is 4. The Morgan fingerprint density at radius 2 is 2.00 bits per heavy atom. The molecule has 17 heavy (non-hydrogen) atoms. The summed E-state index contributed by atoms with van der Waals surface area (Å²) < 4.78 is 0. The molecule has 2 rings (SSSR count). The van der Waals surface area contributed by atoms with E-state index in [2.05, 4.69) is 10.6 Å². The Bertz CT molecular complexity index is 374. The molecular formula is C13H18N2O2. The maximum absolute atomic E-state index is 11.8. The Morgan fingerprint density at radius 3 is 2.59 bits per heavy atom. The lowest BCUT2D eigenvalue weighted by molar-refractivity contribution is -0.118. The van der Waals surface area contributed by atoms with Gasteiger partial charge in [-0.25, -0.2) is 0 Å². The lowest BCUT2D eigenvalue weighted by Crippen LogP contribution is -2.51. The van der Waals surface area contributed by atoms with Gasteiger partial charge in [-0.05, 0) is 31.9 Å². The SMILES string of the molecule is CC(NC1CC(O)C1)C(=O)Nc1ccccc1. The second-order valence-corrected chi connectivity index (χ2v) is 4.57. The first-order chi connectivity index (χ1) is 8.15. The molecule has 0 spiro atoms. The molecule has 0 aromatic heterocycles. The van der Waals surface area contributed by atoms with Crippen LogP contribution in [0.3, 0.4) is 0 Å². The van der Waals surface area contributed by atoms with E-state index >= 15 is 0 Å². The van der Waals surface area contributed by atoms with Crippen molar-refractivity contribution in [3.8, 4) is 0 Å². The number of aliphatic hydroxyl groups is 1. The molecule has 1 aromatic carbocycles. The molecule has 0 aliphatic heterocycles. The largest absolute Gasteiger partial charge is 0.393 e. The molecule has 1 aromatic rings. The van der Waals surface area contributed by atoms with Gasteiger partial charge in [0.25, 0.3) is 0 Å². The van der Waals surface area contributed by atoms with Gasteiger partial charge in [0.05, 0.1) is 12.1 Å². The zero-order valence-electron chi connectivity index (χ0n) is 9.89. The van der Waals surface area contributed by atoms with Crippen molar-refractivity contribution in [1.29, 1.82) is 0 Å². The summed E-state index contributed by atoms with van der Waals surface area (Å²) in [4.78, 5) is 11.8. The topological polar surface area (TPSA) is 61.4 Å². The fourth-order valence-corrected chi connectivity index (χ4v) is 1.93. The Hall–Kier alpha value is -1.39. The van der Waals surface area contributed by atoms with E-state index in [9.17, 15) is 4.79 Å². The van der Waals surface area contributed by atoms with Gasteiger partial charge in [-0.2, -0.15) is 0 Å².